The maximum Gasteiger partial charge on any atom is 0.319 e. The van der Waals surface area contributed by atoms with Gasteiger partial charge < -0.3 is 20.1 Å². The molecule has 0 bridgehead atoms. The van der Waals surface area contributed by atoms with Crippen molar-refractivity contribution >= 4 is 11.7 Å². The van der Waals surface area contributed by atoms with Gasteiger partial charge in [-0.05, 0) is 30.5 Å². The Morgan fingerprint density at radius 3 is 2.62 bits per heavy atom. The van der Waals surface area contributed by atoms with Crippen LogP contribution in [-0.4, -0.2) is 32.9 Å². The summed E-state index contributed by atoms with van der Waals surface area (Å²) in [6.07, 6.45) is 1.69. The number of anilines is 1. The molecule has 1 heterocycles. The Kier molecular flexibility index (Phi) is 5.73. The first kappa shape index (κ1) is 18.2. The van der Waals surface area contributed by atoms with E-state index in [2.05, 4.69) is 22.8 Å². The Morgan fingerprint density at radius 1 is 1.19 bits per heavy atom. The molecule has 2 N–H and O–H groups in total. The molecule has 6 heteroatoms. The summed E-state index contributed by atoms with van der Waals surface area (Å²) >= 11 is 0. The zero-order chi connectivity index (χ0) is 18.4. The van der Waals surface area contributed by atoms with Crippen molar-refractivity contribution < 1.29 is 18.7 Å². The van der Waals surface area contributed by atoms with E-state index in [4.69, 9.17) is 9.47 Å². The van der Waals surface area contributed by atoms with Crippen LogP contribution in [0.1, 0.15) is 18.4 Å². The lowest BCUT2D eigenvalue weighted by Gasteiger charge is -2.38. The number of carbonyl (C=O) groups excluding carboxylic acids is 1. The second kappa shape index (κ2) is 8.19. The Morgan fingerprint density at radius 2 is 1.92 bits per heavy atom. The summed E-state index contributed by atoms with van der Waals surface area (Å²) in [5, 5.41) is 5.68. The van der Waals surface area contributed by atoms with Gasteiger partial charge in [-0.3, -0.25) is 0 Å². The fraction of sp³-hybridized carbons (Fsp3) is 0.350. The molecule has 1 aliphatic heterocycles. The van der Waals surface area contributed by atoms with Gasteiger partial charge >= 0.3 is 6.03 Å². The Bertz CT molecular complexity index is 746. The molecule has 0 spiro atoms. The summed E-state index contributed by atoms with van der Waals surface area (Å²) in [4.78, 5) is 12.4. The van der Waals surface area contributed by atoms with Crippen molar-refractivity contribution in [3.8, 4) is 5.75 Å². The average molecular weight is 358 g/mol. The molecule has 0 radical (unpaired) electrons. The largest absolute Gasteiger partial charge is 0.494 e. The number of carbonyl (C=O) groups is 1. The van der Waals surface area contributed by atoms with Crippen LogP contribution in [0.2, 0.25) is 0 Å². The van der Waals surface area contributed by atoms with Crippen LogP contribution < -0.4 is 15.4 Å². The lowest BCUT2D eigenvalue weighted by molar-refractivity contribution is 0.0508. The summed E-state index contributed by atoms with van der Waals surface area (Å²) < 4.78 is 23.9. The van der Waals surface area contributed by atoms with Gasteiger partial charge in [0.25, 0.3) is 0 Å². The number of amides is 2. The second-order valence-electron chi connectivity index (χ2n) is 6.41. The Labute approximate surface area is 152 Å². The Hall–Kier alpha value is -2.60. The minimum atomic E-state index is -0.418. The number of hydrogen-bond donors (Lipinski definition) is 2. The van der Waals surface area contributed by atoms with Crippen LogP contribution in [0.3, 0.4) is 0 Å². The first-order valence-corrected chi connectivity index (χ1v) is 8.65. The van der Waals surface area contributed by atoms with Gasteiger partial charge in [-0.25, -0.2) is 9.18 Å². The van der Waals surface area contributed by atoms with Gasteiger partial charge in [0.15, 0.2) is 0 Å². The van der Waals surface area contributed by atoms with Gasteiger partial charge in [0.05, 0.1) is 12.8 Å². The number of hydrogen-bond acceptors (Lipinski definition) is 3. The van der Waals surface area contributed by atoms with Crippen molar-refractivity contribution in [2.75, 3.05) is 32.2 Å². The summed E-state index contributed by atoms with van der Waals surface area (Å²) in [5.74, 6) is -0.137. The third kappa shape index (κ3) is 4.14. The van der Waals surface area contributed by atoms with E-state index in [1.807, 2.05) is 18.2 Å². The maximum absolute atomic E-state index is 13.3. The third-order valence-corrected chi connectivity index (χ3v) is 4.84. The molecule has 0 aromatic heterocycles. The number of nitrogens with one attached hydrogen (secondary N) is 2. The van der Waals surface area contributed by atoms with Crippen LogP contribution in [0, 0.1) is 5.82 Å². The van der Waals surface area contributed by atoms with Gasteiger partial charge in [-0.15, -0.1) is 0 Å². The van der Waals surface area contributed by atoms with Crippen LogP contribution in [0.4, 0.5) is 14.9 Å². The van der Waals surface area contributed by atoms with E-state index in [9.17, 15) is 9.18 Å². The van der Waals surface area contributed by atoms with Gasteiger partial charge in [0.1, 0.15) is 11.6 Å². The zero-order valence-electron chi connectivity index (χ0n) is 14.8. The molecule has 5 nitrogen and oxygen atoms in total. The van der Waals surface area contributed by atoms with E-state index in [1.54, 1.807) is 0 Å². The van der Waals surface area contributed by atoms with Crippen molar-refractivity contribution in [3.05, 3.63) is 59.9 Å². The van der Waals surface area contributed by atoms with E-state index in [0.29, 0.717) is 25.4 Å². The van der Waals surface area contributed by atoms with E-state index in [1.165, 1.54) is 30.9 Å². The molecule has 1 aliphatic rings. The normalized spacial score (nSPS) is 15.9. The Balaban J connectivity index is 1.69. The summed E-state index contributed by atoms with van der Waals surface area (Å²) in [7, 11) is 1.43. The van der Waals surface area contributed by atoms with Crippen LogP contribution in [0.5, 0.6) is 5.75 Å². The van der Waals surface area contributed by atoms with Crippen molar-refractivity contribution in [1.82, 2.24) is 5.32 Å². The topological polar surface area (TPSA) is 59.6 Å². The first-order valence-electron chi connectivity index (χ1n) is 8.65. The fourth-order valence-corrected chi connectivity index (χ4v) is 3.31. The van der Waals surface area contributed by atoms with Crippen molar-refractivity contribution in [1.29, 1.82) is 0 Å². The predicted octanol–water partition coefficient (Wildman–Crippen LogP) is 3.70. The molecule has 0 saturated carbocycles. The highest BCUT2D eigenvalue weighted by Crippen LogP contribution is 2.34. The first-order chi connectivity index (χ1) is 12.6. The second-order valence-corrected chi connectivity index (χ2v) is 6.41. The smallest absolute Gasteiger partial charge is 0.319 e. The number of urea groups is 1. The highest BCUT2D eigenvalue weighted by Gasteiger charge is 2.34. The molecule has 0 atom stereocenters. The monoisotopic (exact) mass is 358 g/mol. The van der Waals surface area contributed by atoms with Crippen molar-refractivity contribution in [2.24, 2.45) is 0 Å². The molecule has 138 valence electrons. The van der Waals surface area contributed by atoms with Crippen molar-refractivity contribution in [2.45, 2.75) is 18.3 Å². The number of rotatable bonds is 5. The van der Waals surface area contributed by atoms with Crippen LogP contribution in [0.25, 0.3) is 0 Å². The molecule has 1 fully saturated rings. The highest BCUT2D eigenvalue weighted by atomic mass is 19.1. The van der Waals surface area contributed by atoms with Gasteiger partial charge in [0, 0.05) is 31.2 Å². The molecule has 26 heavy (non-hydrogen) atoms. The van der Waals surface area contributed by atoms with E-state index in [0.717, 1.165) is 12.8 Å². The number of ether oxygens (including phenoxy) is 2. The molecule has 0 unspecified atom stereocenters. The van der Waals surface area contributed by atoms with E-state index in [-0.39, 0.29) is 17.2 Å². The molecular formula is C20H23FN2O3. The molecular weight excluding hydrogens is 335 g/mol. The molecule has 3 rings (SSSR count). The minimum absolute atomic E-state index is 0.149. The van der Waals surface area contributed by atoms with Gasteiger partial charge in [0.2, 0.25) is 0 Å². The molecule has 1 saturated heterocycles. The number of methoxy groups -OCH3 is 1. The minimum Gasteiger partial charge on any atom is -0.494 e. The van der Waals surface area contributed by atoms with Gasteiger partial charge in [-0.1, -0.05) is 30.3 Å². The van der Waals surface area contributed by atoms with Crippen LogP contribution in [0.15, 0.2) is 48.5 Å². The number of benzene rings is 2. The predicted molar refractivity (Wildman–Crippen MR) is 98.1 cm³/mol. The third-order valence-electron chi connectivity index (χ3n) is 4.84. The standard InChI is InChI=1S/C20H23FN2O3/c1-25-18-13-16(21)7-8-17(18)23-19(24)22-14-20(9-11-26-12-10-20)15-5-3-2-4-6-15/h2-8,13H,9-12,14H2,1H3,(H2,22,23,24). The summed E-state index contributed by atoms with van der Waals surface area (Å²) in [5.41, 5.74) is 1.47. The van der Waals surface area contributed by atoms with Crippen LogP contribution >= 0.6 is 0 Å². The maximum atomic E-state index is 13.3. The number of halogens is 1. The molecule has 2 aromatic rings. The van der Waals surface area contributed by atoms with E-state index >= 15 is 0 Å². The molecule has 0 aliphatic carbocycles. The summed E-state index contributed by atoms with van der Waals surface area (Å²) in [6, 6.07) is 13.8. The lowest BCUT2D eigenvalue weighted by atomic mass is 9.74. The summed E-state index contributed by atoms with van der Waals surface area (Å²) in [6.45, 7) is 1.84. The average Bonchev–Trinajstić information content (AvgIpc) is 2.69. The molecule has 2 amide bonds. The van der Waals surface area contributed by atoms with Gasteiger partial charge in [-0.2, -0.15) is 0 Å². The van der Waals surface area contributed by atoms with Crippen molar-refractivity contribution in [3.63, 3.8) is 0 Å². The zero-order valence-corrected chi connectivity index (χ0v) is 14.8. The van der Waals surface area contributed by atoms with E-state index < -0.39 is 5.82 Å². The van der Waals surface area contributed by atoms with Crippen LogP contribution in [-0.2, 0) is 10.2 Å². The SMILES string of the molecule is COc1cc(F)ccc1NC(=O)NCC1(c2ccccc2)CCOCC1. The quantitative estimate of drug-likeness (QED) is 0.857. The lowest BCUT2D eigenvalue weighted by Crippen LogP contribution is -2.45. The fourth-order valence-electron chi connectivity index (χ4n) is 3.31. The highest BCUT2D eigenvalue weighted by molar-refractivity contribution is 5.91. The molecule has 2 aromatic carbocycles.